The average molecular weight is 336 g/mol. The Kier molecular flexibility index (Phi) is 3.89. The molecule has 4 rings (SSSR count). The van der Waals surface area contributed by atoms with Gasteiger partial charge in [-0.05, 0) is 42.8 Å². The summed E-state index contributed by atoms with van der Waals surface area (Å²) in [4.78, 5) is 20.8. The molecule has 0 fully saturated rings. The highest BCUT2D eigenvalue weighted by Crippen LogP contribution is 2.26. The van der Waals surface area contributed by atoms with Crippen molar-refractivity contribution < 1.29 is 14.1 Å². The predicted molar refractivity (Wildman–Crippen MR) is 89.1 cm³/mol. The summed E-state index contributed by atoms with van der Waals surface area (Å²) in [5.41, 5.74) is 2.45. The molecule has 1 atom stereocenters. The zero-order valence-corrected chi connectivity index (χ0v) is 13.6. The molecule has 7 heteroatoms. The van der Waals surface area contributed by atoms with Crippen LogP contribution in [0, 0.1) is 0 Å². The van der Waals surface area contributed by atoms with Gasteiger partial charge in [-0.15, -0.1) is 0 Å². The van der Waals surface area contributed by atoms with E-state index in [9.17, 15) is 4.79 Å². The molecule has 1 aromatic carbocycles. The number of carbonyl (C=O) groups is 1. The lowest BCUT2D eigenvalue weighted by Crippen LogP contribution is -2.26. The predicted octanol–water partition coefficient (Wildman–Crippen LogP) is 2.56. The second kappa shape index (κ2) is 6.35. The fourth-order valence-electron chi connectivity index (χ4n) is 2.70. The van der Waals surface area contributed by atoms with Crippen molar-refractivity contribution in [1.29, 1.82) is 0 Å². The quantitative estimate of drug-likeness (QED) is 0.787. The first kappa shape index (κ1) is 15.3. The Bertz CT molecular complexity index is 908. The number of hydrogen-bond acceptors (Lipinski definition) is 6. The third-order valence-corrected chi connectivity index (χ3v) is 4.05. The van der Waals surface area contributed by atoms with Gasteiger partial charge in [0.2, 0.25) is 11.7 Å². The number of ether oxygens (including phenoxy) is 1. The minimum Gasteiger partial charge on any atom is -0.493 e. The first-order chi connectivity index (χ1) is 12.2. The maximum Gasteiger partial charge on any atom is 0.251 e. The maximum atomic E-state index is 12.5. The molecule has 0 saturated heterocycles. The number of benzene rings is 1. The van der Waals surface area contributed by atoms with Crippen LogP contribution in [0.2, 0.25) is 0 Å². The minimum absolute atomic E-state index is 0.189. The fraction of sp³-hybridized carbons (Fsp3) is 0.222. The molecule has 1 aliphatic rings. The van der Waals surface area contributed by atoms with Gasteiger partial charge < -0.3 is 14.6 Å². The van der Waals surface area contributed by atoms with Crippen LogP contribution in [0.1, 0.15) is 34.8 Å². The van der Waals surface area contributed by atoms with Crippen LogP contribution in [-0.4, -0.2) is 27.6 Å². The smallest absolute Gasteiger partial charge is 0.251 e. The first-order valence-electron chi connectivity index (χ1n) is 8.01. The van der Waals surface area contributed by atoms with Crippen LogP contribution in [0.15, 0.2) is 47.2 Å². The van der Waals surface area contributed by atoms with Gasteiger partial charge in [0.05, 0.1) is 6.61 Å². The SMILES string of the molecule is C[C@H](NC(=O)c1ccc2c(c1)CCO2)c1nc(-c2ccncc2)no1. The number of fused-ring (bicyclic) bond motifs is 1. The van der Waals surface area contributed by atoms with Crippen LogP contribution in [-0.2, 0) is 6.42 Å². The van der Waals surface area contributed by atoms with Crippen LogP contribution in [0.25, 0.3) is 11.4 Å². The Labute approximate surface area is 144 Å². The van der Waals surface area contributed by atoms with Crippen molar-refractivity contribution >= 4 is 5.91 Å². The Morgan fingerprint density at radius 1 is 1.24 bits per heavy atom. The Morgan fingerprint density at radius 2 is 2.08 bits per heavy atom. The zero-order chi connectivity index (χ0) is 17.2. The Morgan fingerprint density at radius 3 is 2.92 bits per heavy atom. The summed E-state index contributed by atoms with van der Waals surface area (Å²) in [5, 5.41) is 6.83. The van der Waals surface area contributed by atoms with Crippen molar-refractivity contribution in [1.82, 2.24) is 20.4 Å². The van der Waals surface area contributed by atoms with E-state index in [-0.39, 0.29) is 5.91 Å². The van der Waals surface area contributed by atoms with Gasteiger partial charge in [-0.25, -0.2) is 0 Å². The van der Waals surface area contributed by atoms with E-state index >= 15 is 0 Å². The molecule has 0 bridgehead atoms. The van der Waals surface area contributed by atoms with Gasteiger partial charge in [-0.3, -0.25) is 9.78 Å². The molecular weight excluding hydrogens is 320 g/mol. The molecule has 3 heterocycles. The molecule has 0 unspecified atom stereocenters. The Balaban J connectivity index is 1.47. The molecule has 1 aliphatic heterocycles. The van der Waals surface area contributed by atoms with E-state index in [1.54, 1.807) is 37.5 Å². The van der Waals surface area contributed by atoms with Crippen molar-refractivity contribution in [2.45, 2.75) is 19.4 Å². The molecule has 7 nitrogen and oxygen atoms in total. The van der Waals surface area contributed by atoms with E-state index in [0.717, 1.165) is 23.3 Å². The number of pyridine rings is 1. The van der Waals surface area contributed by atoms with Crippen LogP contribution in [0.3, 0.4) is 0 Å². The maximum absolute atomic E-state index is 12.5. The summed E-state index contributed by atoms with van der Waals surface area (Å²) in [6.45, 7) is 2.47. The van der Waals surface area contributed by atoms with Crippen molar-refractivity contribution in [2.75, 3.05) is 6.61 Å². The molecular formula is C18H16N4O3. The van der Waals surface area contributed by atoms with Gasteiger partial charge in [0.1, 0.15) is 11.8 Å². The lowest BCUT2D eigenvalue weighted by Gasteiger charge is -2.10. The van der Waals surface area contributed by atoms with Gasteiger partial charge in [-0.1, -0.05) is 5.16 Å². The largest absolute Gasteiger partial charge is 0.493 e. The summed E-state index contributed by atoms with van der Waals surface area (Å²) in [6.07, 6.45) is 4.15. The molecule has 0 saturated carbocycles. The minimum atomic E-state index is -0.403. The number of rotatable bonds is 4. The van der Waals surface area contributed by atoms with Crippen molar-refractivity contribution in [3.05, 3.63) is 59.7 Å². The second-order valence-corrected chi connectivity index (χ2v) is 5.81. The molecule has 3 aromatic rings. The van der Waals surface area contributed by atoms with E-state index in [1.807, 2.05) is 12.1 Å². The topological polar surface area (TPSA) is 90.1 Å². The van der Waals surface area contributed by atoms with Crippen LogP contribution >= 0.6 is 0 Å². The molecule has 1 amide bonds. The highest BCUT2D eigenvalue weighted by atomic mass is 16.5. The number of carbonyl (C=O) groups excluding carboxylic acids is 1. The summed E-state index contributed by atoms with van der Waals surface area (Å²) in [6, 6.07) is 8.63. The van der Waals surface area contributed by atoms with Crippen molar-refractivity contribution in [2.24, 2.45) is 0 Å². The average Bonchev–Trinajstić information content (AvgIpc) is 3.31. The number of hydrogen-bond donors (Lipinski definition) is 1. The van der Waals surface area contributed by atoms with E-state index in [1.165, 1.54) is 0 Å². The monoisotopic (exact) mass is 336 g/mol. The van der Waals surface area contributed by atoms with E-state index in [0.29, 0.717) is 23.9 Å². The number of nitrogens with one attached hydrogen (secondary N) is 1. The number of aromatic nitrogens is 3. The molecule has 2 aromatic heterocycles. The van der Waals surface area contributed by atoms with E-state index in [2.05, 4.69) is 20.4 Å². The normalized spacial score (nSPS) is 13.8. The zero-order valence-electron chi connectivity index (χ0n) is 13.6. The molecule has 0 aliphatic carbocycles. The summed E-state index contributed by atoms with van der Waals surface area (Å²) in [5.74, 6) is 1.48. The van der Waals surface area contributed by atoms with Gasteiger partial charge in [0.15, 0.2) is 0 Å². The third kappa shape index (κ3) is 3.08. The molecule has 0 spiro atoms. The van der Waals surface area contributed by atoms with Crippen LogP contribution in [0.4, 0.5) is 0 Å². The first-order valence-corrected chi connectivity index (χ1v) is 8.01. The van der Waals surface area contributed by atoms with Gasteiger partial charge in [0, 0.05) is 29.9 Å². The fourth-order valence-corrected chi connectivity index (χ4v) is 2.70. The summed E-state index contributed by atoms with van der Waals surface area (Å²) < 4.78 is 10.7. The van der Waals surface area contributed by atoms with Crippen molar-refractivity contribution in [3.63, 3.8) is 0 Å². The van der Waals surface area contributed by atoms with Crippen LogP contribution in [0.5, 0.6) is 5.75 Å². The molecule has 126 valence electrons. The second-order valence-electron chi connectivity index (χ2n) is 5.81. The Hall–Kier alpha value is -3.22. The standard InChI is InChI=1S/C18H16N4O3/c1-11(18-21-16(22-25-18)12-4-7-19-8-5-12)20-17(23)14-2-3-15-13(10-14)6-9-24-15/h2-5,7-8,10-11H,6,9H2,1H3,(H,20,23)/t11-/m0/s1. The van der Waals surface area contributed by atoms with Gasteiger partial charge in [0.25, 0.3) is 5.91 Å². The van der Waals surface area contributed by atoms with E-state index in [4.69, 9.17) is 9.26 Å². The lowest BCUT2D eigenvalue weighted by molar-refractivity contribution is 0.0932. The van der Waals surface area contributed by atoms with Crippen molar-refractivity contribution in [3.8, 4) is 17.1 Å². The van der Waals surface area contributed by atoms with Crippen LogP contribution < -0.4 is 10.1 Å². The molecule has 25 heavy (non-hydrogen) atoms. The highest BCUT2D eigenvalue weighted by Gasteiger charge is 2.20. The molecule has 1 N–H and O–H groups in total. The summed E-state index contributed by atoms with van der Waals surface area (Å²) >= 11 is 0. The highest BCUT2D eigenvalue weighted by molar-refractivity contribution is 5.94. The molecule has 0 radical (unpaired) electrons. The van der Waals surface area contributed by atoms with E-state index < -0.39 is 6.04 Å². The van der Waals surface area contributed by atoms with Gasteiger partial charge >= 0.3 is 0 Å². The lowest BCUT2D eigenvalue weighted by atomic mass is 10.1. The third-order valence-electron chi connectivity index (χ3n) is 4.05. The number of amides is 1. The summed E-state index contributed by atoms with van der Waals surface area (Å²) in [7, 11) is 0. The van der Waals surface area contributed by atoms with Gasteiger partial charge in [-0.2, -0.15) is 4.98 Å². The number of nitrogens with zero attached hydrogens (tertiary/aromatic N) is 3.